The molecule has 1 aromatic heterocycles. The minimum atomic E-state index is -1.10. The highest BCUT2D eigenvalue weighted by Crippen LogP contribution is 2.23. The molecule has 8 heteroatoms. The Labute approximate surface area is 172 Å². The number of nitrogens with zero attached hydrogens (tertiary/aromatic N) is 1. The van der Waals surface area contributed by atoms with E-state index < -0.39 is 23.8 Å². The Morgan fingerprint density at radius 3 is 2.63 bits per heavy atom. The minimum Gasteiger partial charge on any atom is -0.488 e. The first kappa shape index (κ1) is 21.0. The van der Waals surface area contributed by atoms with Crippen LogP contribution in [0.3, 0.4) is 0 Å². The van der Waals surface area contributed by atoms with E-state index in [4.69, 9.17) is 14.0 Å². The number of aryl methyl sites for hydroxylation is 2. The lowest BCUT2D eigenvalue weighted by atomic mass is 10.2. The van der Waals surface area contributed by atoms with Gasteiger partial charge >= 0.3 is 5.97 Å². The van der Waals surface area contributed by atoms with Gasteiger partial charge < -0.3 is 19.3 Å². The summed E-state index contributed by atoms with van der Waals surface area (Å²) in [6.07, 6.45) is -1.10. The molecule has 0 aliphatic carbocycles. The van der Waals surface area contributed by atoms with Crippen molar-refractivity contribution < 1.29 is 28.0 Å². The summed E-state index contributed by atoms with van der Waals surface area (Å²) in [5.74, 6) is -0.841. The predicted molar refractivity (Wildman–Crippen MR) is 107 cm³/mol. The minimum absolute atomic E-state index is 0.168. The van der Waals surface area contributed by atoms with Crippen molar-refractivity contribution in [2.45, 2.75) is 33.5 Å². The number of benzene rings is 2. The highest BCUT2D eigenvalue weighted by molar-refractivity contribution is 5.98. The van der Waals surface area contributed by atoms with Gasteiger partial charge in [0.05, 0.1) is 11.3 Å². The SMILES string of the molecule is Cc1noc(C)c1COc1ccccc1C(=O)O[C@@H](C)C(=O)Nc1cccc(F)c1. The zero-order valence-electron chi connectivity index (χ0n) is 16.8. The van der Waals surface area contributed by atoms with Crippen molar-refractivity contribution in [3.8, 4) is 5.75 Å². The van der Waals surface area contributed by atoms with Crippen molar-refractivity contribution in [2.75, 3.05) is 5.32 Å². The second kappa shape index (κ2) is 9.21. The maximum atomic E-state index is 13.3. The lowest BCUT2D eigenvalue weighted by molar-refractivity contribution is -0.123. The van der Waals surface area contributed by atoms with Gasteiger partial charge in [0.1, 0.15) is 29.5 Å². The third-order valence-electron chi connectivity index (χ3n) is 4.41. The molecule has 1 atom stereocenters. The molecule has 1 N–H and O–H groups in total. The van der Waals surface area contributed by atoms with Crippen LogP contribution >= 0.6 is 0 Å². The Bertz CT molecular complexity index is 1040. The van der Waals surface area contributed by atoms with Crippen LogP contribution in [0.25, 0.3) is 0 Å². The van der Waals surface area contributed by atoms with E-state index in [1.165, 1.54) is 31.2 Å². The Kier molecular flexibility index (Phi) is 6.46. The van der Waals surface area contributed by atoms with Crippen LogP contribution < -0.4 is 10.1 Å². The van der Waals surface area contributed by atoms with Gasteiger partial charge in [0.15, 0.2) is 6.10 Å². The predicted octanol–water partition coefficient (Wildman–Crippen LogP) is 4.19. The van der Waals surface area contributed by atoms with Gasteiger partial charge in [0.2, 0.25) is 0 Å². The van der Waals surface area contributed by atoms with Crippen LogP contribution in [-0.4, -0.2) is 23.1 Å². The molecule has 0 unspecified atom stereocenters. The largest absolute Gasteiger partial charge is 0.488 e. The van der Waals surface area contributed by atoms with E-state index in [1.54, 1.807) is 38.1 Å². The van der Waals surface area contributed by atoms with Crippen molar-refractivity contribution in [2.24, 2.45) is 0 Å². The third-order valence-corrected chi connectivity index (χ3v) is 4.41. The first-order valence-corrected chi connectivity index (χ1v) is 9.26. The Balaban J connectivity index is 1.65. The van der Waals surface area contributed by atoms with Gasteiger partial charge in [-0.2, -0.15) is 0 Å². The molecule has 0 bridgehead atoms. The van der Waals surface area contributed by atoms with Gasteiger partial charge in [-0.1, -0.05) is 23.4 Å². The lowest BCUT2D eigenvalue weighted by Crippen LogP contribution is -2.30. The first-order chi connectivity index (χ1) is 14.3. The van der Waals surface area contributed by atoms with Crippen LogP contribution in [-0.2, 0) is 16.1 Å². The van der Waals surface area contributed by atoms with Gasteiger partial charge in [-0.15, -0.1) is 0 Å². The first-order valence-electron chi connectivity index (χ1n) is 9.26. The number of hydrogen-bond acceptors (Lipinski definition) is 6. The molecule has 0 aliphatic rings. The number of aromatic nitrogens is 1. The Morgan fingerprint density at radius 2 is 1.93 bits per heavy atom. The number of carbonyl (C=O) groups is 2. The van der Waals surface area contributed by atoms with Crippen molar-refractivity contribution >= 4 is 17.6 Å². The molecule has 3 aromatic rings. The summed E-state index contributed by atoms with van der Waals surface area (Å²) >= 11 is 0. The van der Waals surface area contributed by atoms with E-state index in [0.29, 0.717) is 17.2 Å². The number of esters is 1. The fourth-order valence-corrected chi connectivity index (χ4v) is 2.71. The number of carbonyl (C=O) groups excluding carboxylic acids is 2. The van der Waals surface area contributed by atoms with Crippen LogP contribution in [0.4, 0.5) is 10.1 Å². The van der Waals surface area contributed by atoms with E-state index in [-0.39, 0.29) is 17.9 Å². The molecule has 1 heterocycles. The fraction of sp³-hybridized carbons (Fsp3) is 0.227. The maximum Gasteiger partial charge on any atom is 0.342 e. The van der Waals surface area contributed by atoms with E-state index >= 15 is 0 Å². The summed E-state index contributed by atoms with van der Waals surface area (Å²) in [5, 5.41) is 6.38. The van der Waals surface area contributed by atoms with Crippen LogP contribution in [0, 0.1) is 19.7 Å². The van der Waals surface area contributed by atoms with Crippen LogP contribution in [0.15, 0.2) is 53.1 Å². The molecule has 3 rings (SSSR count). The van der Waals surface area contributed by atoms with Crippen molar-refractivity contribution in [3.63, 3.8) is 0 Å². The van der Waals surface area contributed by atoms with Gasteiger partial charge in [0.25, 0.3) is 5.91 Å². The molecule has 2 aromatic carbocycles. The monoisotopic (exact) mass is 412 g/mol. The third kappa shape index (κ3) is 5.02. The van der Waals surface area contributed by atoms with E-state index in [0.717, 1.165) is 5.56 Å². The van der Waals surface area contributed by atoms with Crippen LogP contribution in [0.1, 0.15) is 34.3 Å². The molecule has 0 radical (unpaired) electrons. The summed E-state index contributed by atoms with van der Waals surface area (Å²) in [7, 11) is 0. The summed E-state index contributed by atoms with van der Waals surface area (Å²) in [6.45, 7) is 5.17. The van der Waals surface area contributed by atoms with Gasteiger partial charge in [0, 0.05) is 5.69 Å². The van der Waals surface area contributed by atoms with E-state index in [1.807, 2.05) is 0 Å². The lowest BCUT2D eigenvalue weighted by Gasteiger charge is -2.15. The molecule has 30 heavy (non-hydrogen) atoms. The zero-order chi connectivity index (χ0) is 21.7. The smallest absolute Gasteiger partial charge is 0.342 e. The van der Waals surface area contributed by atoms with Crippen molar-refractivity contribution in [3.05, 3.63) is 76.9 Å². The number of para-hydroxylation sites is 1. The number of hydrogen-bond donors (Lipinski definition) is 1. The number of ether oxygens (including phenoxy) is 2. The molecule has 156 valence electrons. The summed E-state index contributed by atoms with van der Waals surface area (Å²) < 4.78 is 29.4. The molecule has 0 saturated carbocycles. The highest BCUT2D eigenvalue weighted by atomic mass is 19.1. The van der Waals surface area contributed by atoms with Gasteiger partial charge in [-0.05, 0) is 51.1 Å². The second-order valence-electron chi connectivity index (χ2n) is 6.63. The van der Waals surface area contributed by atoms with E-state index in [9.17, 15) is 14.0 Å². The standard InChI is InChI=1S/C22H21FN2O5/c1-13-19(14(2)30-25-13)12-28-20-10-5-4-9-18(20)22(27)29-15(3)21(26)24-17-8-6-7-16(23)11-17/h4-11,15H,12H2,1-3H3,(H,24,26)/t15-/m0/s1. The number of nitrogens with one attached hydrogen (secondary N) is 1. The van der Waals surface area contributed by atoms with Crippen LogP contribution in [0.2, 0.25) is 0 Å². The highest BCUT2D eigenvalue weighted by Gasteiger charge is 2.22. The molecule has 7 nitrogen and oxygen atoms in total. The number of halogens is 1. The average Bonchev–Trinajstić information content (AvgIpc) is 3.04. The van der Waals surface area contributed by atoms with Crippen LogP contribution in [0.5, 0.6) is 5.75 Å². The summed E-state index contributed by atoms with van der Waals surface area (Å²) in [6, 6.07) is 12.0. The molecular weight excluding hydrogens is 391 g/mol. The molecule has 0 spiro atoms. The summed E-state index contributed by atoms with van der Waals surface area (Å²) in [5.41, 5.74) is 1.94. The van der Waals surface area contributed by atoms with Crippen molar-refractivity contribution in [1.29, 1.82) is 0 Å². The Morgan fingerprint density at radius 1 is 1.17 bits per heavy atom. The number of rotatable bonds is 7. The normalized spacial score (nSPS) is 11.6. The van der Waals surface area contributed by atoms with Gasteiger partial charge in [-0.3, -0.25) is 4.79 Å². The Hall–Kier alpha value is -3.68. The zero-order valence-corrected chi connectivity index (χ0v) is 16.8. The fourth-order valence-electron chi connectivity index (χ4n) is 2.71. The number of anilines is 1. The molecule has 1 amide bonds. The molecular formula is C22H21FN2O5. The average molecular weight is 412 g/mol. The topological polar surface area (TPSA) is 90.7 Å². The molecule has 0 saturated heterocycles. The quantitative estimate of drug-likeness (QED) is 0.585. The summed E-state index contributed by atoms with van der Waals surface area (Å²) in [4.78, 5) is 24.9. The molecule has 0 aliphatic heterocycles. The van der Waals surface area contributed by atoms with Crippen molar-refractivity contribution in [1.82, 2.24) is 5.16 Å². The van der Waals surface area contributed by atoms with E-state index in [2.05, 4.69) is 10.5 Å². The van der Waals surface area contributed by atoms with Gasteiger partial charge in [-0.25, -0.2) is 9.18 Å². The second-order valence-corrected chi connectivity index (χ2v) is 6.63. The number of amides is 1. The maximum absolute atomic E-state index is 13.3. The molecule has 0 fully saturated rings.